The molecule has 0 saturated heterocycles. The first-order valence-electron chi connectivity index (χ1n) is 6.02. The maximum Gasteiger partial charge on any atom is 0.269 e. The molecule has 3 aromatic rings. The molecule has 0 fully saturated rings. The van der Waals surface area contributed by atoms with Crippen LogP contribution in [0.1, 0.15) is 5.56 Å². The van der Waals surface area contributed by atoms with Crippen molar-refractivity contribution in [2.24, 2.45) is 0 Å². The molecule has 0 atom stereocenters. The van der Waals surface area contributed by atoms with E-state index in [0.29, 0.717) is 0 Å². The number of fused-ring (bicyclic) bond motifs is 1. The lowest BCUT2D eigenvalue weighted by Gasteiger charge is -2.01. The van der Waals surface area contributed by atoms with Crippen LogP contribution in [0, 0.1) is 10.1 Å². The number of nitro benzene ring substituents is 1. The Morgan fingerprint density at radius 2 is 1.95 bits per heavy atom. The van der Waals surface area contributed by atoms with Crippen LogP contribution in [-0.4, -0.2) is 14.3 Å². The summed E-state index contributed by atoms with van der Waals surface area (Å²) >= 11 is 1.61. The molecule has 0 unspecified atom stereocenters. The van der Waals surface area contributed by atoms with Gasteiger partial charge in [-0.1, -0.05) is 30.0 Å². The number of pyridine rings is 1. The summed E-state index contributed by atoms with van der Waals surface area (Å²) in [7, 11) is 0. The SMILES string of the molecule is Br.O=[N+]([O-])c1ccc(CSc2ncc3ccccn23)cc1. The van der Waals surface area contributed by atoms with Crippen LogP contribution in [0.15, 0.2) is 60.0 Å². The van der Waals surface area contributed by atoms with Crippen molar-refractivity contribution in [3.05, 3.63) is 70.5 Å². The van der Waals surface area contributed by atoms with E-state index in [2.05, 4.69) is 4.98 Å². The van der Waals surface area contributed by atoms with Crippen molar-refractivity contribution >= 4 is 39.9 Å². The second kappa shape index (κ2) is 6.73. The highest BCUT2D eigenvalue weighted by molar-refractivity contribution is 8.93. The molecule has 0 radical (unpaired) electrons. The first-order valence-corrected chi connectivity index (χ1v) is 7.01. The predicted octanol–water partition coefficient (Wildman–Crippen LogP) is 4.11. The molecular weight excluding hydrogens is 354 g/mol. The Bertz CT molecular complexity index is 758. The summed E-state index contributed by atoms with van der Waals surface area (Å²) in [5.74, 6) is 0.728. The number of aromatic nitrogens is 2. The van der Waals surface area contributed by atoms with Gasteiger partial charge in [-0.15, -0.1) is 17.0 Å². The molecule has 2 heterocycles. The van der Waals surface area contributed by atoms with Gasteiger partial charge in [-0.05, 0) is 17.7 Å². The standard InChI is InChI=1S/C14H11N3O2S.BrH/c18-17(19)12-6-4-11(5-7-12)10-20-14-15-9-13-3-1-2-8-16(13)14;/h1-9H,10H2;1H. The van der Waals surface area contributed by atoms with Crippen molar-refractivity contribution in [1.29, 1.82) is 0 Å². The molecule has 5 nitrogen and oxygen atoms in total. The molecule has 3 rings (SSSR count). The molecule has 0 N–H and O–H groups in total. The minimum Gasteiger partial charge on any atom is -0.295 e. The van der Waals surface area contributed by atoms with Crippen LogP contribution in [0.25, 0.3) is 5.52 Å². The van der Waals surface area contributed by atoms with Gasteiger partial charge >= 0.3 is 0 Å². The fraction of sp³-hybridized carbons (Fsp3) is 0.0714. The molecule has 0 saturated carbocycles. The van der Waals surface area contributed by atoms with Crippen molar-refractivity contribution < 1.29 is 4.92 Å². The Hall–Kier alpha value is -1.86. The van der Waals surface area contributed by atoms with Gasteiger partial charge in [0, 0.05) is 24.1 Å². The third-order valence-electron chi connectivity index (χ3n) is 2.92. The Balaban J connectivity index is 0.00000161. The molecule has 0 bridgehead atoms. The lowest BCUT2D eigenvalue weighted by molar-refractivity contribution is -0.384. The van der Waals surface area contributed by atoms with Crippen LogP contribution in [0.4, 0.5) is 5.69 Å². The van der Waals surface area contributed by atoms with E-state index < -0.39 is 0 Å². The number of halogens is 1. The van der Waals surface area contributed by atoms with Gasteiger partial charge in [0.2, 0.25) is 0 Å². The minimum atomic E-state index is -0.390. The number of imidazole rings is 1. The van der Waals surface area contributed by atoms with Gasteiger partial charge in [0.15, 0.2) is 5.16 Å². The molecule has 2 aromatic heterocycles. The zero-order valence-corrected chi connectivity index (χ0v) is 13.4. The molecule has 0 aliphatic carbocycles. The average Bonchev–Trinajstić information content (AvgIpc) is 2.89. The van der Waals surface area contributed by atoms with Crippen molar-refractivity contribution in [2.45, 2.75) is 10.9 Å². The number of non-ortho nitro benzene ring substituents is 1. The second-order valence-electron chi connectivity index (χ2n) is 4.25. The Morgan fingerprint density at radius 1 is 1.19 bits per heavy atom. The molecule has 21 heavy (non-hydrogen) atoms. The maximum atomic E-state index is 10.6. The molecule has 0 aliphatic rings. The first-order chi connectivity index (χ1) is 9.74. The predicted molar refractivity (Wildman–Crippen MR) is 88.2 cm³/mol. The first kappa shape index (κ1) is 15.5. The van der Waals surface area contributed by atoms with Crippen molar-refractivity contribution in [3.63, 3.8) is 0 Å². The summed E-state index contributed by atoms with van der Waals surface area (Å²) in [6, 6.07) is 12.6. The zero-order chi connectivity index (χ0) is 13.9. The number of rotatable bonds is 4. The van der Waals surface area contributed by atoms with Gasteiger partial charge in [-0.2, -0.15) is 0 Å². The van der Waals surface area contributed by atoms with Crippen LogP contribution >= 0.6 is 28.7 Å². The maximum absolute atomic E-state index is 10.6. The number of hydrogen-bond acceptors (Lipinski definition) is 4. The molecule has 0 aliphatic heterocycles. The lowest BCUT2D eigenvalue weighted by Crippen LogP contribution is -1.89. The molecule has 108 valence electrons. The molecule has 0 spiro atoms. The summed E-state index contributed by atoms with van der Waals surface area (Å²) in [6.07, 6.45) is 3.80. The lowest BCUT2D eigenvalue weighted by atomic mass is 10.2. The monoisotopic (exact) mass is 365 g/mol. The summed E-state index contributed by atoms with van der Waals surface area (Å²) in [6.45, 7) is 0. The van der Waals surface area contributed by atoms with Gasteiger partial charge in [0.1, 0.15) is 0 Å². The van der Waals surface area contributed by atoms with E-state index in [1.807, 2.05) is 35.0 Å². The van der Waals surface area contributed by atoms with E-state index in [9.17, 15) is 10.1 Å². The number of thioether (sulfide) groups is 1. The normalized spacial score (nSPS) is 10.3. The van der Waals surface area contributed by atoms with Crippen LogP contribution in [0.2, 0.25) is 0 Å². The van der Waals surface area contributed by atoms with Crippen molar-refractivity contribution in [2.75, 3.05) is 0 Å². The topological polar surface area (TPSA) is 60.4 Å². The van der Waals surface area contributed by atoms with E-state index >= 15 is 0 Å². The van der Waals surface area contributed by atoms with Crippen LogP contribution in [0.3, 0.4) is 0 Å². The Labute approximate surface area is 135 Å². The Kier molecular flexibility index (Phi) is 4.98. The number of nitro groups is 1. The quantitative estimate of drug-likeness (QED) is 0.396. The zero-order valence-electron chi connectivity index (χ0n) is 10.9. The fourth-order valence-corrected chi connectivity index (χ4v) is 2.81. The molecule has 0 amide bonds. The van der Waals surface area contributed by atoms with E-state index in [1.54, 1.807) is 23.9 Å². The smallest absolute Gasteiger partial charge is 0.269 e. The number of hydrogen-bond donors (Lipinski definition) is 0. The Morgan fingerprint density at radius 3 is 2.67 bits per heavy atom. The van der Waals surface area contributed by atoms with E-state index in [4.69, 9.17) is 0 Å². The average molecular weight is 366 g/mol. The minimum absolute atomic E-state index is 0. The van der Waals surface area contributed by atoms with Crippen LogP contribution < -0.4 is 0 Å². The fourth-order valence-electron chi connectivity index (χ4n) is 1.89. The molecular formula is C14H12BrN3O2S. The van der Waals surface area contributed by atoms with Crippen LogP contribution in [-0.2, 0) is 5.75 Å². The molecule has 7 heteroatoms. The van der Waals surface area contributed by atoms with Crippen molar-refractivity contribution in [3.8, 4) is 0 Å². The van der Waals surface area contributed by atoms with Gasteiger partial charge < -0.3 is 0 Å². The van der Waals surface area contributed by atoms with E-state index in [-0.39, 0.29) is 27.6 Å². The summed E-state index contributed by atoms with van der Waals surface area (Å²) in [4.78, 5) is 14.6. The van der Waals surface area contributed by atoms with Gasteiger partial charge in [-0.3, -0.25) is 14.5 Å². The second-order valence-corrected chi connectivity index (χ2v) is 5.19. The number of benzene rings is 1. The summed E-state index contributed by atoms with van der Waals surface area (Å²) < 4.78 is 2.02. The van der Waals surface area contributed by atoms with Gasteiger partial charge in [0.05, 0.1) is 16.6 Å². The highest BCUT2D eigenvalue weighted by Crippen LogP contribution is 2.23. The van der Waals surface area contributed by atoms with Crippen LogP contribution in [0.5, 0.6) is 0 Å². The summed E-state index contributed by atoms with van der Waals surface area (Å²) in [5.41, 5.74) is 2.21. The third kappa shape index (κ3) is 3.43. The highest BCUT2D eigenvalue weighted by atomic mass is 79.9. The van der Waals surface area contributed by atoms with Gasteiger partial charge in [0.25, 0.3) is 5.69 Å². The molecule has 1 aromatic carbocycles. The largest absolute Gasteiger partial charge is 0.295 e. The highest BCUT2D eigenvalue weighted by Gasteiger charge is 2.06. The summed E-state index contributed by atoms with van der Waals surface area (Å²) in [5, 5.41) is 11.5. The number of nitrogens with zero attached hydrogens (tertiary/aromatic N) is 3. The third-order valence-corrected chi connectivity index (χ3v) is 3.96. The van der Waals surface area contributed by atoms with E-state index in [1.165, 1.54) is 12.1 Å². The van der Waals surface area contributed by atoms with E-state index in [0.717, 1.165) is 22.0 Å². The van der Waals surface area contributed by atoms with Gasteiger partial charge in [-0.25, -0.2) is 4.98 Å². The van der Waals surface area contributed by atoms with Crippen molar-refractivity contribution in [1.82, 2.24) is 9.38 Å².